The second-order valence-corrected chi connectivity index (χ2v) is 6.32. The van der Waals surface area contributed by atoms with Gasteiger partial charge in [-0.1, -0.05) is 26.0 Å². The first kappa shape index (κ1) is 20.1. The molecule has 0 saturated carbocycles. The van der Waals surface area contributed by atoms with Gasteiger partial charge in [0.1, 0.15) is 11.9 Å². The Morgan fingerprint density at radius 2 is 1.75 bits per heavy atom. The van der Waals surface area contributed by atoms with Crippen LogP contribution in [-0.4, -0.2) is 47.8 Å². The summed E-state index contributed by atoms with van der Waals surface area (Å²) in [5.74, 6) is -1.08. The van der Waals surface area contributed by atoms with Crippen molar-refractivity contribution >= 4 is 11.8 Å². The molecule has 0 radical (unpaired) electrons. The van der Waals surface area contributed by atoms with Gasteiger partial charge in [0.15, 0.2) is 0 Å². The van der Waals surface area contributed by atoms with Crippen molar-refractivity contribution in [3.05, 3.63) is 35.6 Å². The van der Waals surface area contributed by atoms with Gasteiger partial charge in [-0.2, -0.15) is 0 Å². The number of carbonyl (C=O) groups excluding carboxylic acids is 2. The van der Waals surface area contributed by atoms with Crippen molar-refractivity contribution in [1.82, 2.24) is 10.6 Å². The number of carbonyl (C=O) groups is 2. The number of aliphatic hydroxyl groups is 2. The van der Waals surface area contributed by atoms with E-state index in [4.69, 9.17) is 5.11 Å². The van der Waals surface area contributed by atoms with E-state index in [1.54, 1.807) is 26.0 Å². The average molecular weight is 340 g/mol. The number of halogens is 1. The summed E-state index contributed by atoms with van der Waals surface area (Å²) < 4.78 is 12.8. The quantitative estimate of drug-likeness (QED) is 0.488. The lowest BCUT2D eigenvalue weighted by molar-refractivity contribution is -0.137. The van der Waals surface area contributed by atoms with Crippen LogP contribution < -0.4 is 10.6 Å². The third-order valence-corrected chi connectivity index (χ3v) is 3.70. The van der Waals surface area contributed by atoms with Gasteiger partial charge < -0.3 is 20.8 Å². The Morgan fingerprint density at radius 1 is 1.17 bits per heavy atom. The lowest BCUT2D eigenvalue weighted by Gasteiger charge is -2.27. The van der Waals surface area contributed by atoms with E-state index in [1.807, 2.05) is 0 Å². The minimum atomic E-state index is -1.32. The fourth-order valence-corrected chi connectivity index (χ4v) is 1.92. The van der Waals surface area contributed by atoms with Gasteiger partial charge >= 0.3 is 0 Å². The van der Waals surface area contributed by atoms with Gasteiger partial charge in [-0.15, -0.1) is 0 Å². The molecule has 0 unspecified atom stereocenters. The molecule has 6 nitrogen and oxygen atoms in total. The van der Waals surface area contributed by atoms with E-state index in [2.05, 4.69) is 10.6 Å². The first-order valence-corrected chi connectivity index (χ1v) is 7.84. The maximum absolute atomic E-state index is 12.8. The Kier molecular flexibility index (Phi) is 7.81. The summed E-state index contributed by atoms with van der Waals surface area (Å²) in [4.78, 5) is 23.4. The van der Waals surface area contributed by atoms with Gasteiger partial charge in [0.05, 0.1) is 6.61 Å². The number of aliphatic hydroxyl groups excluding tert-OH is 2. The molecule has 0 heterocycles. The SMILES string of the molecule is CC(C)(CO)[C@@H](O)C(=O)NCCNC(=O)CCc1ccc(F)cc1. The average Bonchev–Trinajstić information content (AvgIpc) is 2.57. The smallest absolute Gasteiger partial charge is 0.249 e. The molecule has 2 amide bonds. The number of benzene rings is 1. The highest BCUT2D eigenvalue weighted by atomic mass is 19.1. The monoisotopic (exact) mass is 340 g/mol. The normalized spacial score (nSPS) is 12.5. The Labute approximate surface area is 141 Å². The van der Waals surface area contributed by atoms with Crippen LogP contribution in [-0.2, 0) is 16.0 Å². The van der Waals surface area contributed by atoms with Crippen LogP contribution >= 0.6 is 0 Å². The molecule has 24 heavy (non-hydrogen) atoms. The molecule has 1 aromatic carbocycles. The minimum absolute atomic E-state index is 0.176. The lowest BCUT2D eigenvalue weighted by atomic mass is 9.87. The second kappa shape index (κ2) is 9.34. The fraction of sp³-hybridized carbons (Fsp3) is 0.529. The molecular weight excluding hydrogens is 315 g/mol. The van der Waals surface area contributed by atoms with Crippen LogP contribution in [0.15, 0.2) is 24.3 Å². The second-order valence-electron chi connectivity index (χ2n) is 6.32. The van der Waals surface area contributed by atoms with E-state index in [0.29, 0.717) is 6.42 Å². The van der Waals surface area contributed by atoms with Crippen molar-refractivity contribution < 1.29 is 24.2 Å². The molecule has 1 rings (SSSR count). The zero-order valence-electron chi connectivity index (χ0n) is 14.0. The third-order valence-electron chi connectivity index (χ3n) is 3.70. The molecule has 1 atom stereocenters. The summed E-state index contributed by atoms with van der Waals surface area (Å²) in [5, 5.41) is 24.1. The van der Waals surface area contributed by atoms with Gasteiger partial charge in [-0.05, 0) is 24.1 Å². The highest BCUT2D eigenvalue weighted by molar-refractivity contribution is 5.81. The van der Waals surface area contributed by atoms with Crippen LogP contribution in [0.25, 0.3) is 0 Å². The van der Waals surface area contributed by atoms with Gasteiger partial charge in [-0.3, -0.25) is 9.59 Å². The van der Waals surface area contributed by atoms with Crippen LogP contribution in [0.2, 0.25) is 0 Å². The Morgan fingerprint density at radius 3 is 2.33 bits per heavy atom. The van der Waals surface area contributed by atoms with Crippen LogP contribution in [0.1, 0.15) is 25.8 Å². The summed E-state index contributed by atoms with van der Waals surface area (Å²) in [6.45, 7) is 3.25. The van der Waals surface area contributed by atoms with Crippen molar-refractivity contribution in [3.8, 4) is 0 Å². The third kappa shape index (κ3) is 6.64. The molecule has 0 fully saturated rings. The van der Waals surface area contributed by atoms with E-state index in [0.717, 1.165) is 5.56 Å². The number of hydrogen-bond acceptors (Lipinski definition) is 4. The highest BCUT2D eigenvalue weighted by Gasteiger charge is 2.32. The molecule has 7 heteroatoms. The highest BCUT2D eigenvalue weighted by Crippen LogP contribution is 2.19. The summed E-state index contributed by atoms with van der Waals surface area (Å²) in [7, 11) is 0. The Hall–Kier alpha value is -1.99. The standard InChI is InChI=1S/C17H25FN2O4/c1-17(2,11-21)15(23)16(24)20-10-9-19-14(22)8-5-12-3-6-13(18)7-4-12/h3-4,6-7,15,21,23H,5,8-11H2,1-2H3,(H,19,22)(H,20,24)/t15-/m0/s1. The fourth-order valence-electron chi connectivity index (χ4n) is 1.92. The van der Waals surface area contributed by atoms with Crippen LogP contribution in [0, 0.1) is 11.2 Å². The van der Waals surface area contributed by atoms with Crippen molar-refractivity contribution in [2.24, 2.45) is 5.41 Å². The number of aryl methyl sites for hydroxylation is 1. The molecule has 0 aliphatic carbocycles. The number of rotatable bonds is 9. The van der Waals surface area contributed by atoms with E-state index in [-0.39, 0.29) is 37.8 Å². The Balaban J connectivity index is 2.21. The summed E-state index contributed by atoms with van der Waals surface area (Å²) in [6.07, 6.45) is -0.557. The lowest BCUT2D eigenvalue weighted by Crippen LogP contribution is -2.47. The largest absolute Gasteiger partial charge is 0.396 e. The van der Waals surface area contributed by atoms with Crippen LogP contribution in [0.3, 0.4) is 0 Å². The molecule has 0 saturated heterocycles. The minimum Gasteiger partial charge on any atom is -0.396 e. The molecule has 4 N–H and O–H groups in total. The maximum Gasteiger partial charge on any atom is 0.249 e. The predicted molar refractivity (Wildman–Crippen MR) is 87.6 cm³/mol. The Bertz CT molecular complexity index is 546. The zero-order valence-corrected chi connectivity index (χ0v) is 14.0. The van der Waals surface area contributed by atoms with Crippen LogP contribution in [0.4, 0.5) is 4.39 Å². The number of hydrogen-bond donors (Lipinski definition) is 4. The number of nitrogens with one attached hydrogen (secondary N) is 2. The van der Waals surface area contributed by atoms with Crippen molar-refractivity contribution in [2.45, 2.75) is 32.8 Å². The van der Waals surface area contributed by atoms with Gasteiger partial charge in [0.2, 0.25) is 11.8 Å². The van der Waals surface area contributed by atoms with E-state index < -0.39 is 17.4 Å². The van der Waals surface area contributed by atoms with Crippen molar-refractivity contribution in [1.29, 1.82) is 0 Å². The van der Waals surface area contributed by atoms with Crippen molar-refractivity contribution in [2.75, 3.05) is 19.7 Å². The molecule has 0 aromatic heterocycles. The van der Waals surface area contributed by atoms with E-state index in [9.17, 15) is 19.1 Å². The van der Waals surface area contributed by atoms with E-state index in [1.165, 1.54) is 12.1 Å². The summed E-state index contributed by atoms with van der Waals surface area (Å²) >= 11 is 0. The molecule has 0 spiro atoms. The van der Waals surface area contributed by atoms with E-state index >= 15 is 0 Å². The predicted octanol–water partition coefficient (Wildman–Crippen LogP) is 0.370. The zero-order chi connectivity index (χ0) is 18.2. The van der Waals surface area contributed by atoms with Gasteiger partial charge in [0, 0.05) is 24.9 Å². The molecular formula is C17H25FN2O4. The molecule has 0 aliphatic heterocycles. The van der Waals surface area contributed by atoms with Gasteiger partial charge in [0.25, 0.3) is 0 Å². The summed E-state index contributed by atoms with van der Waals surface area (Å²) in [5.41, 5.74) is -0.0584. The number of amides is 2. The molecule has 134 valence electrons. The first-order valence-electron chi connectivity index (χ1n) is 7.84. The molecule has 0 bridgehead atoms. The first-order chi connectivity index (χ1) is 11.3. The molecule has 0 aliphatic rings. The van der Waals surface area contributed by atoms with Crippen LogP contribution in [0.5, 0.6) is 0 Å². The van der Waals surface area contributed by atoms with Gasteiger partial charge in [-0.25, -0.2) is 4.39 Å². The van der Waals surface area contributed by atoms with Crippen molar-refractivity contribution in [3.63, 3.8) is 0 Å². The maximum atomic E-state index is 12.8. The topological polar surface area (TPSA) is 98.7 Å². The molecule has 1 aromatic rings. The summed E-state index contributed by atoms with van der Waals surface area (Å²) in [6, 6.07) is 5.96.